The molecule has 36 heavy (non-hydrogen) atoms. The Labute approximate surface area is 212 Å². The van der Waals surface area contributed by atoms with E-state index in [1.807, 2.05) is 6.92 Å². The molecule has 9 nitrogen and oxygen atoms in total. The van der Waals surface area contributed by atoms with E-state index >= 15 is 0 Å². The first-order valence-electron chi connectivity index (χ1n) is 12.2. The number of phenolic OH excluding ortho intramolecular Hbond substituents is 2. The molecule has 2 aromatic rings. The monoisotopic (exact) mass is 500 g/mol. The molecule has 1 fully saturated rings. The van der Waals surface area contributed by atoms with Gasteiger partial charge in [-0.3, -0.25) is 14.5 Å². The Bertz CT molecular complexity index is 1030. The van der Waals surface area contributed by atoms with Gasteiger partial charge >= 0.3 is 0 Å². The van der Waals surface area contributed by atoms with E-state index in [0.29, 0.717) is 68.3 Å². The van der Waals surface area contributed by atoms with Crippen LogP contribution >= 0.6 is 0 Å². The predicted molar refractivity (Wildman–Crippen MR) is 135 cm³/mol. The molecular weight excluding hydrogens is 464 g/mol. The summed E-state index contributed by atoms with van der Waals surface area (Å²) >= 11 is 0. The molecule has 0 bridgehead atoms. The number of hydrogen-bond acceptors (Lipinski definition) is 8. The molecule has 1 amide bonds. The van der Waals surface area contributed by atoms with Crippen molar-refractivity contribution in [1.82, 2.24) is 9.80 Å². The van der Waals surface area contributed by atoms with E-state index in [2.05, 4.69) is 4.90 Å². The lowest BCUT2D eigenvalue weighted by molar-refractivity contribution is -0.131. The Morgan fingerprint density at radius 2 is 1.72 bits per heavy atom. The second-order valence-corrected chi connectivity index (χ2v) is 8.66. The minimum absolute atomic E-state index is 0.0306. The van der Waals surface area contributed by atoms with Crippen molar-refractivity contribution in [2.75, 3.05) is 66.8 Å². The average molecular weight is 501 g/mol. The lowest BCUT2D eigenvalue weighted by Crippen LogP contribution is -2.44. The molecule has 0 saturated carbocycles. The average Bonchev–Trinajstić information content (AvgIpc) is 2.89. The largest absolute Gasteiger partial charge is 0.508 e. The number of benzene rings is 2. The quantitative estimate of drug-likeness (QED) is 0.427. The van der Waals surface area contributed by atoms with Gasteiger partial charge in [-0.1, -0.05) is 6.92 Å². The molecule has 0 aromatic heterocycles. The summed E-state index contributed by atoms with van der Waals surface area (Å²) in [7, 11) is 3.12. The summed E-state index contributed by atoms with van der Waals surface area (Å²) in [5.74, 6) is -0.528. The van der Waals surface area contributed by atoms with Crippen LogP contribution in [0.25, 0.3) is 0 Å². The van der Waals surface area contributed by atoms with E-state index in [4.69, 9.17) is 14.2 Å². The first-order chi connectivity index (χ1) is 17.4. The van der Waals surface area contributed by atoms with Crippen LogP contribution in [0, 0.1) is 0 Å². The Balaban J connectivity index is 1.91. The third-order valence-corrected chi connectivity index (χ3v) is 6.47. The van der Waals surface area contributed by atoms with E-state index in [9.17, 15) is 19.8 Å². The van der Waals surface area contributed by atoms with Gasteiger partial charge in [-0.05, 0) is 41.8 Å². The molecule has 0 spiro atoms. The van der Waals surface area contributed by atoms with E-state index < -0.39 is 5.78 Å². The number of carbonyl (C=O) groups is 2. The van der Waals surface area contributed by atoms with Crippen LogP contribution in [0.4, 0.5) is 0 Å². The summed E-state index contributed by atoms with van der Waals surface area (Å²) in [6.45, 7) is 6.77. The second kappa shape index (κ2) is 13.2. The molecule has 9 heteroatoms. The zero-order valence-corrected chi connectivity index (χ0v) is 21.3. The number of methoxy groups -OCH3 is 2. The number of phenols is 2. The first-order valence-corrected chi connectivity index (χ1v) is 12.2. The molecule has 0 atom stereocenters. The third-order valence-electron chi connectivity index (χ3n) is 6.47. The molecule has 1 saturated heterocycles. The van der Waals surface area contributed by atoms with Gasteiger partial charge in [0.2, 0.25) is 5.91 Å². The van der Waals surface area contributed by atoms with Gasteiger partial charge < -0.3 is 29.3 Å². The fourth-order valence-corrected chi connectivity index (χ4v) is 4.39. The van der Waals surface area contributed by atoms with E-state index in [-0.39, 0.29) is 29.4 Å². The Kier molecular flexibility index (Phi) is 10.1. The number of ether oxygens (including phenoxy) is 3. The maximum atomic E-state index is 13.5. The minimum Gasteiger partial charge on any atom is -0.508 e. The number of carbonyl (C=O) groups excluding carboxylic acids is 2. The van der Waals surface area contributed by atoms with Crippen LogP contribution in [0.3, 0.4) is 0 Å². The molecule has 2 N–H and O–H groups in total. The fraction of sp³-hybridized carbons (Fsp3) is 0.481. The van der Waals surface area contributed by atoms with Crippen molar-refractivity contribution in [2.45, 2.75) is 19.8 Å². The number of amides is 1. The highest BCUT2D eigenvalue weighted by Crippen LogP contribution is 2.35. The lowest BCUT2D eigenvalue weighted by atomic mass is 9.89. The lowest BCUT2D eigenvalue weighted by Gasteiger charge is -2.30. The number of nitrogens with zero attached hydrogens (tertiary/aromatic N) is 2. The predicted octanol–water partition coefficient (Wildman–Crippen LogP) is 2.25. The van der Waals surface area contributed by atoms with Gasteiger partial charge in [-0.2, -0.15) is 0 Å². The summed E-state index contributed by atoms with van der Waals surface area (Å²) in [6, 6.07) is 7.71. The zero-order valence-electron chi connectivity index (χ0n) is 21.3. The van der Waals surface area contributed by atoms with Crippen LogP contribution in [0.15, 0.2) is 30.3 Å². The van der Waals surface area contributed by atoms with Crippen LogP contribution in [0.2, 0.25) is 0 Å². The molecule has 2 aromatic carbocycles. The van der Waals surface area contributed by atoms with Crippen LogP contribution in [-0.4, -0.2) is 98.5 Å². The second-order valence-electron chi connectivity index (χ2n) is 8.66. The highest BCUT2D eigenvalue weighted by atomic mass is 16.5. The minimum atomic E-state index is -0.426. The standard InChI is InChI=1S/C27H36N2O7/c1-4-21-22(17-25(32)29(13-14-34-2)10-9-28-11-15-36-16-12-28)26(24(31)18-23(21)30)27(33)19-5-7-20(35-3)8-6-19/h5-8,18,30-31H,4,9-17H2,1-3H3. The van der Waals surface area contributed by atoms with Gasteiger partial charge in [0.25, 0.3) is 0 Å². The third kappa shape index (κ3) is 6.75. The first kappa shape index (κ1) is 27.4. The summed E-state index contributed by atoms with van der Waals surface area (Å²) in [5.41, 5.74) is 1.19. The molecule has 196 valence electrons. The van der Waals surface area contributed by atoms with Crippen molar-refractivity contribution in [1.29, 1.82) is 0 Å². The van der Waals surface area contributed by atoms with Crippen molar-refractivity contribution in [3.63, 3.8) is 0 Å². The smallest absolute Gasteiger partial charge is 0.227 e. The number of ketones is 1. The summed E-state index contributed by atoms with van der Waals surface area (Å²) < 4.78 is 15.8. The molecule has 1 aliphatic heterocycles. The van der Waals surface area contributed by atoms with Gasteiger partial charge in [-0.25, -0.2) is 0 Å². The Morgan fingerprint density at radius 3 is 2.33 bits per heavy atom. The van der Waals surface area contributed by atoms with Crippen LogP contribution < -0.4 is 4.74 Å². The van der Waals surface area contributed by atoms with Crippen molar-refractivity contribution >= 4 is 11.7 Å². The number of morpholine rings is 1. The molecular formula is C27H36N2O7. The maximum absolute atomic E-state index is 13.5. The van der Waals surface area contributed by atoms with E-state index in [0.717, 1.165) is 13.1 Å². The summed E-state index contributed by atoms with van der Waals surface area (Å²) in [5, 5.41) is 21.3. The number of rotatable bonds is 12. The van der Waals surface area contributed by atoms with Gasteiger partial charge in [0.15, 0.2) is 5.78 Å². The molecule has 1 aliphatic rings. The highest BCUT2D eigenvalue weighted by Gasteiger charge is 2.27. The van der Waals surface area contributed by atoms with Crippen molar-refractivity contribution in [2.24, 2.45) is 0 Å². The van der Waals surface area contributed by atoms with Gasteiger partial charge in [0, 0.05) is 51.5 Å². The zero-order chi connectivity index (χ0) is 26.1. The van der Waals surface area contributed by atoms with Crippen LogP contribution in [0.5, 0.6) is 17.2 Å². The van der Waals surface area contributed by atoms with Gasteiger partial charge in [0.05, 0.1) is 38.9 Å². The fourth-order valence-electron chi connectivity index (χ4n) is 4.39. The Hall–Kier alpha value is -3.14. The molecule has 3 rings (SSSR count). The molecule has 0 radical (unpaired) electrons. The number of hydrogen-bond donors (Lipinski definition) is 2. The Morgan fingerprint density at radius 1 is 1.03 bits per heavy atom. The maximum Gasteiger partial charge on any atom is 0.227 e. The number of aromatic hydroxyl groups is 2. The molecule has 0 aliphatic carbocycles. The van der Waals surface area contributed by atoms with Crippen molar-refractivity contribution in [3.05, 3.63) is 52.6 Å². The normalized spacial score (nSPS) is 14.0. The highest BCUT2D eigenvalue weighted by molar-refractivity contribution is 6.12. The van der Waals surface area contributed by atoms with Crippen molar-refractivity contribution in [3.8, 4) is 17.2 Å². The molecule has 0 unspecified atom stereocenters. The van der Waals surface area contributed by atoms with Crippen LogP contribution in [0.1, 0.15) is 34.0 Å². The van der Waals surface area contributed by atoms with Crippen molar-refractivity contribution < 1.29 is 34.0 Å². The molecule has 1 heterocycles. The SMILES string of the molecule is CCc1c(O)cc(O)c(C(=O)c2ccc(OC)cc2)c1CC(=O)N(CCOC)CCN1CCOCC1. The topological polar surface area (TPSA) is 109 Å². The van der Waals surface area contributed by atoms with Gasteiger partial charge in [0.1, 0.15) is 17.2 Å². The summed E-state index contributed by atoms with van der Waals surface area (Å²) in [6.07, 6.45) is 0.263. The van der Waals surface area contributed by atoms with E-state index in [1.54, 1.807) is 36.3 Å². The van der Waals surface area contributed by atoms with Gasteiger partial charge in [-0.15, -0.1) is 0 Å². The van der Waals surface area contributed by atoms with E-state index in [1.165, 1.54) is 13.2 Å². The van der Waals surface area contributed by atoms with Crippen LogP contribution in [-0.2, 0) is 27.1 Å². The summed E-state index contributed by atoms with van der Waals surface area (Å²) in [4.78, 5) is 30.9.